The quantitative estimate of drug-likeness (QED) is 0.740. The Morgan fingerprint density at radius 1 is 1.21 bits per heavy atom. The third-order valence-corrected chi connectivity index (χ3v) is 2.38. The molecule has 0 amide bonds. The van der Waals surface area contributed by atoms with Gasteiger partial charge in [0.2, 0.25) is 0 Å². The fourth-order valence-corrected chi connectivity index (χ4v) is 2.11. The zero-order valence-electron chi connectivity index (χ0n) is 10.3. The number of hydrogen-bond acceptors (Lipinski definition) is 2. The molecule has 0 saturated carbocycles. The van der Waals surface area contributed by atoms with Crippen molar-refractivity contribution in [2.75, 3.05) is 0 Å². The van der Waals surface area contributed by atoms with E-state index in [0.29, 0.717) is 12.3 Å². The SMILES string of the molecule is CC(C)CC(=O)C(C(C)C)C(C)(C)O. The van der Waals surface area contributed by atoms with Gasteiger partial charge in [-0.2, -0.15) is 0 Å². The monoisotopic (exact) mass is 200 g/mol. The average Bonchev–Trinajstić information content (AvgIpc) is 1.78. The molecular weight excluding hydrogens is 176 g/mol. The van der Waals surface area contributed by atoms with Gasteiger partial charge in [-0.25, -0.2) is 0 Å². The predicted molar refractivity (Wildman–Crippen MR) is 59.1 cm³/mol. The van der Waals surface area contributed by atoms with Crippen LogP contribution in [0.25, 0.3) is 0 Å². The highest BCUT2D eigenvalue weighted by atomic mass is 16.3. The lowest BCUT2D eigenvalue weighted by molar-refractivity contribution is -0.133. The Morgan fingerprint density at radius 3 is 1.86 bits per heavy atom. The summed E-state index contributed by atoms with van der Waals surface area (Å²) in [6.07, 6.45) is 0.562. The lowest BCUT2D eigenvalue weighted by Crippen LogP contribution is -2.40. The minimum atomic E-state index is -0.903. The molecule has 0 fully saturated rings. The summed E-state index contributed by atoms with van der Waals surface area (Å²) in [5, 5.41) is 9.91. The van der Waals surface area contributed by atoms with Gasteiger partial charge < -0.3 is 5.11 Å². The number of aliphatic hydroxyl groups is 1. The van der Waals surface area contributed by atoms with Crippen molar-refractivity contribution in [2.45, 2.75) is 53.6 Å². The molecule has 1 N–H and O–H groups in total. The highest BCUT2D eigenvalue weighted by molar-refractivity contribution is 5.82. The molecule has 0 bridgehead atoms. The van der Waals surface area contributed by atoms with Gasteiger partial charge in [0.25, 0.3) is 0 Å². The topological polar surface area (TPSA) is 37.3 Å². The largest absolute Gasteiger partial charge is 0.390 e. The molecule has 14 heavy (non-hydrogen) atoms. The number of rotatable bonds is 5. The van der Waals surface area contributed by atoms with Crippen LogP contribution in [0.15, 0.2) is 0 Å². The van der Waals surface area contributed by atoms with E-state index >= 15 is 0 Å². The van der Waals surface area contributed by atoms with E-state index in [1.54, 1.807) is 13.8 Å². The van der Waals surface area contributed by atoms with Crippen molar-refractivity contribution in [3.05, 3.63) is 0 Å². The van der Waals surface area contributed by atoms with Crippen LogP contribution in [0.1, 0.15) is 48.0 Å². The van der Waals surface area contributed by atoms with Gasteiger partial charge in [0, 0.05) is 12.3 Å². The first-order valence-corrected chi connectivity index (χ1v) is 5.41. The molecule has 2 nitrogen and oxygen atoms in total. The fourth-order valence-electron chi connectivity index (χ4n) is 2.11. The molecule has 84 valence electrons. The number of carbonyl (C=O) groups is 1. The Labute approximate surface area is 87.7 Å². The van der Waals surface area contributed by atoms with Gasteiger partial charge in [0.15, 0.2) is 0 Å². The third kappa shape index (κ3) is 4.23. The minimum Gasteiger partial charge on any atom is -0.390 e. The first-order chi connectivity index (χ1) is 6.16. The van der Waals surface area contributed by atoms with Crippen molar-refractivity contribution in [3.8, 4) is 0 Å². The Morgan fingerprint density at radius 2 is 1.64 bits per heavy atom. The van der Waals surface area contributed by atoms with E-state index in [1.807, 2.05) is 27.7 Å². The van der Waals surface area contributed by atoms with Gasteiger partial charge in [-0.15, -0.1) is 0 Å². The molecule has 0 radical (unpaired) electrons. The summed E-state index contributed by atoms with van der Waals surface area (Å²) < 4.78 is 0. The van der Waals surface area contributed by atoms with Crippen molar-refractivity contribution in [3.63, 3.8) is 0 Å². The van der Waals surface area contributed by atoms with Gasteiger partial charge in [-0.05, 0) is 25.7 Å². The average molecular weight is 200 g/mol. The number of hydrogen-bond donors (Lipinski definition) is 1. The Kier molecular flexibility index (Phi) is 4.79. The van der Waals surface area contributed by atoms with E-state index in [9.17, 15) is 9.90 Å². The summed E-state index contributed by atoms with van der Waals surface area (Å²) in [4.78, 5) is 11.9. The van der Waals surface area contributed by atoms with E-state index in [2.05, 4.69) is 0 Å². The molecule has 1 unspecified atom stereocenters. The molecule has 0 aromatic carbocycles. The Bertz CT molecular complexity index is 187. The second-order valence-electron chi connectivity index (χ2n) is 5.44. The van der Waals surface area contributed by atoms with Crippen LogP contribution in [0.4, 0.5) is 0 Å². The maximum absolute atomic E-state index is 11.9. The molecule has 0 aliphatic rings. The zero-order valence-corrected chi connectivity index (χ0v) is 10.3. The first-order valence-electron chi connectivity index (χ1n) is 5.41. The molecule has 0 aromatic rings. The van der Waals surface area contributed by atoms with Crippen LogP contribution in [0, 0.1) is 17.8 Å². The number of carbonyl (C=O) groups excluding carboxylic acids is 1. The third-order valence-electron chi connectivity index (χ3n) is 2.38. The van der Waals surface area contributed by atoms with E-state index in [1.165, 1.54) is 0 Å². The van der Waals surface area contributed by atoms with Gasteiger partial charge in [0.05, 0.1) is 5.60 Å². The van der Waals surface area contributed by atoms with Crippen molar-refractivity contribution >= 4 is 5.78 Å². The maximum atomic E-state index is 11.9. The van der Waals surface area contributed by atoms with E-state index in [-0.39, 0.29) is 17.6 Å². The summed E-state index contributed by atoms with van der Waals surface area (Å²) in [7, 11) is 0. The molecule has 0 spiro atoms. The van der Waals surface area contributed by atoms with E-state index in [0.717, 1.165) is 0 Å². The highest BCUT2D eigenvalue weighted by Gasteiger charge is 2.35. The summed E-state index contributed by atoms with van der Waals surface area (Å²) >= 11 is 0. The zero-order chi connectivity index (χ0) is 11.5. The summed E-state index contributed by atoms with van der Waals surface area (Å²) in [5.41, 5.74) is -0.903. The van der Waals surface area contributed by atoms with Crippen molar-refractivity contribution in [2.24, 2.45) is 17.8 Å². The van der Waals surface area contributed by atoms with Crippen LogP contribution in [0.3, 0.4) is 0 Å². The Balaban J connectivity index is 4.60. The van der Waals surface area contributed by atoms with Crippen LogP contribution in [0.2, 0.25) is 0 Å². The van der Waals surface area contributed by atoms with Crippen LogP contribution >= 0.6 is 0 Å². The lowest BCUT2D eigenvalue weighted by atomic mass is 9.77. The van der Waals surface area contributed by atoms with Gasteiger partial charge in [-0.3, -0.25) is 4.79 Å². The molecular formula is C12H24O2. The highest BCUT2D eigenvalue weighted by Crippen LogP contribution is 2.27. The van der Waals surface area contributed by atoms with Crippen LogP contribution in [0.5, 0.6) is 0 Å². The van der Waals surface area contributed by atoms with Gasteiger partial charge in [0.1, 0.15) is 5.78 Å². The summed E-state index contributed by atoms with van der Waals surface area (Å²) in [5.74, 6) is 0.500. The van der Waals surface area contributed by atoms with Crippen molar-refractivity contribution in [1.82, 2.24) is 0 Å². The van der Waals surface area contributed by atoms with E-state index in [4.69, 9.17) is 0 Å². The summed E-state index contributed by atoms with van der Waals surface area (Å²) in [6, 6.07) is 0. The maximum Gasteiger partial charge on any atom is 0.139 e. The summed E-state index contributed by atoms with van der Waals surface area (Å²) in [6.45, 7) is 11.5. The van der Waals surface area contributed by atoms with Crippen LogP contribution in [-0.4, -0.2) is 16.5 Å². The van der Waals surface area contributed by atoms with Gasteiger partial charge >= 0.3 is 0 Å². The Hall–Kier alpha value is -0.370. The van der Waals surface area contributed by atoms with Crippen LogP contribution in [-0.2, 0) is 4.79 Å². The molecule has 0 aliphatic heterocycles. The normalized spacial score (nSPS) is 14.9. The van der Waals surface area contributed by atoms with E-state index < -0.39 is 5.60 Å². The fraction of sp³-hybridized carbons (Fsp3) is 0.917. The molecule has 0 heterocycles. The number of Topliss-reactive ketones (excluding diaryl/α,β-unsaturated/α-hetero) is 1. The van der Waals surface area contributed by atoms with Crippen molar-refractivity contribution < 1.29 is 9.90 Å². The molecule has 0 aromatic heterocycles. The predicted octanol–water partition coefficient (Wildman–Crippen LogP) is 2.64. The number of ketones is 1. The van der Waals surface area contributed by atoms with Crippen LogP contribution < -0.4 is 0 Å². The second kappa shape index (κ2) is 4.92. The molecule has 0 saturated heterocycles. The minimum absolute atomic E-state index is 0.183. The smallest absolute Gasteiger partial charge is 0.139 e. The molecule has 2 heteroatoms. The second-order valence-corrected chi connectivity index (χ2v) is 5.44. The standard InChI is InChI=1S/C12H24O2/c1-8(2)7-10(13)11(9(3)4)12(5,6)14/h8-9,11,14H,7H2,1-6H3. The first kappa shape index (κ1) is 13.6. The molecule has 0 aliphatic carbocycles. The lowest BCUT2D eigenvalue weighted by Gasteiger charge is -2.31. The molecule has 1 atom stereocenters. The van der Waals surface area contributed by atoms with Crippen molar-refractivity contribution in [1.29, 1.82) is 0 Å². The van der Waals surface area contributed by atoms with Gasteiger partial charge in [-0.1, -0.05) is 27.7 Å². The molecule has 0 rings (SSSR count).